The number of benzene rings is 3. The smallest absolute Gasteiger partial charge is 0.339 e. The number of carbonyl (C=O) groups is 1. The van der Waals surface area contributed by atoms with Crippen LogP contribution in [0, 0.1) is 6.92 Å². The summed E-state index contributed by atoms with van der Waals surface area (Å²) < 4.78 is 5.81. The van der Waals surface area contributed by atoms with E-state index in [1.54, 1.807) is 12.1 Å². The molecule has 3 rings (SSSR count). The minimum absolute atomic E-state index is 0.148. The number of hydrogen-bond acceptors (Lipinski definition) is 2. The predicted octanol–water partition coefficient (Wildman–Crippen LogP) is 5.15. The summed E-state index contributed by atoms with van der Waals surface area (Å²) in [6.07, 6.45) is 0. The number of rotatable bonds is 4. The molecule has 0 heterocycles. The van der Waals surface area contributed by atoms with Crippen LogP contribution < -0.4 is 4.74 Å². The lowest BCUT2D eigenvalue weighted by molar-refractivity contribution is 0.0694. The van der Waals surface area contributed by atoms with Crippen molar-refractivity contribution < 1.29 is 14.6 Å². The molecule has 0 radical (unpaired) electrons. The maximum atomic E-state index is 11.6. The Morgan fingerprint density at radius 2 is 1.52 bits per heavy atom. The van der Waals surface area contributed by atoms with E-state index in [0.29, 0.717) is 11.5 Å². The Bertz CT molecular complexity index is 839. The molecule has 0 spiro atoms. The molecule has 0 amide bonds. The van der Waals surface area contributed by atoms with Crippen LogP contribution in [0.5, 0.6) is 11.5 Å². The van der Waals surface area contributed by atoms with E-state index in [4.69, 9.17) is 4.74 Å². The van der Waals surface area contributed by atoms with Crippen LogP contribution in [0.15, 0.2) is 72.8 Å². The van der Waals surface area contributed by atoms with Gasteiger partial charge < -0.3 is 9.84 Å². The van der Waals surface area contributed by atoms with Crippen LogP contribution in [0.25, 0.3) is 11.1 Å². The average Bonchev–Trinajstić information content (AvgIpc) is 2.58. The highest BCUT2D eigenvalue weighted by atomic mass is 16.5. The first kappa shape index (κ1) is 14.9. The number of aryl methyl sites for hydroxylation is 1. The monoisotopic (exact) mass is 304 g/mol. The van der Waals surface area contributed by atoms with Gasteiger partial charge >= 0.3 is 5.97 Å². The molecule has 0 aliphatic heterocycles. The van der Waals surface area contributed by atoms with Crippen LogP contribution in [-0.2, 0) is 0 Å². The molecule has 0 unspecified atom stereocenters. The summed E-state index contributed by atoms with van der Waals surface area (Å²) >= 11 is 0. The van der Waals surface area contributed by atoms with Crippen LogP contribution in [0.3, 0.4) is 0 Å². The molecule has 0 aliphatic rings. The van der Waals surface area contributed by atoms with Crippen LogP contribution in [0.2, 0.25) is 0 Å². The van der Waals surface area contributed by atoms with E-state index in [1.165, 1.54) is 0 Å². The predicted molar refractivity (Wildman–Crippen MR) is 90.1 cm³/mol. The van der Waals surface area contributed by atoms with E-state index in [0.717, 1.165) is 16.7 Å². The standard InChI is InChI=1S/C20H16O3/c1-14-7-5-6-10-18(14)23-19-12-11-16(13-17(19)20(21)22)15-8-3-2-4-9-15/h2-13H,1H3,(H,21,22). The van der Waals surface area contributed by atoms with Crippen molar-refractivity contribution in [3.05, 3.63) is 83.9 Å². The van der Waals surface area contributed by atoms with Gasteiger partial charge in [0.05, 0.1) is 0 Å². The lowest BCUT2D eigenvalue weighted by Crippen LogP contribution is -2.01. The van der Waals surface area contributed by atoms with E-state index in [-0.39, 0.29) is 5.56 Å². The highest BCUT2D eigenvalue weighted by Gasteiger charge is 2.14. The molecule has 0 atom stereocenters. The summed E-state index contributed by atoms with van der Waals surface area (Å²) in [5.74, 6) is -0.0136. The summed E-state index contributed by atoms with van der Waals surface area (Å²) in [4.78, 5) is 11.6. The summed E-state index contributed by atoms with van der Waals surface area (Å²) in [7, 11) is 0. The van der Waals surface area contributed by atoms with Crippen molar-refractivity contribution in [1.82, 2.24) is 0 Å². The number of aromatic carboxylic acids is 1. The Balaban J connectivity index is 2.01. The van der Waals surface area contributed by atoms with E-state index >= 15 is 0 Å². The summed E-state index contributed by atoms with van der Waals surface area (Å²) in [5, 5.41) is 9.50. The van der Waals surface area contributed by atoms with Gasteiger partial charge in [-0.05, 0) is 41.8 Å². The molecule has 3 aromatic carbocycles. The van der Waals surface area contributed by atoms with E-state index in [1.807, 2.05) is 67.6 Å². The molecule has 114 valence electrons. The van der Waals surface area contributed by atoms with Crippen LogP contribution in [0.4, 0.5) is 0 Å². The Labute approximate surface area is 134 Å². The molecule has 0 fully saturated rings. The maximum absolute atomic E-state index is 11.6. The van der Waals surface area contributed by atoms with Crippen molar-refractivity contribution in [3.8, 4) is 22.6 Å². The minimum atomic E-state index is -1.01. The third-order valence-corrected chi connectivity index (χ3v) is 3.63. The molecular formula is C20H16O3. The highest BCUT2D eigenvalue weighted by Crippen LogP contribution is 2.31. The van der Waals surface area contributed by atoms with E-state index < -0.39 is 5.97 Å². The van der Waals surface area contributed by atoms with Gasteiger partial charge in [0.2, 0.25) is 0 Å². The number of hydrogen-bond donors (Lipinski definition) is 1. The number of carboxylic acids is 1. The second-order valence-corrected chi connectivity index (χ2v) is 5.25. The topological polar surface area (TPSA) is 46.5 Å². The Morgan fingerprint density at radius 1 is 0.826 bits per heavy atom. The second-order valence-electron chi connectivity index (χ2n) is 5.25. The zero-order chi connectivity index (χ0) is 16.2. The molecule has 3 nitrogen and oxygen atoms in total. The van der Waals surface area contributed by atoms with Crippen molar-refractivity contribution >= 4 is 5.97 Å². The van der Waals surface area contributed by atoms with Gasteiger partial charge in [0.1, 0.15) is 17.1 Å². The normalized spacial score (nSPS) is 10.3. The SMILES string of the molecule is Cc1ccccc1Oc1ccc(-c2ccccc2)cc1C(=O)O. The van der Waals surface area contributed by atoms with Crippen molar-refractivity contribution in [2.75, 3.05) is 0 Å². The maximum Gasteiger partial charge on any atom is 0.339 e. The molecule has 0 aliphatic carbocycles. The first-order valence-electron chi connectivity index (χ1n) is 7.31. The Morgan fingerprint density at radius 3 is 2.22 bits per heavy atom. The fraction of sp³-hybridized carbons (Fsp3) is 0.0500. The van der Waals surface area contributed by atoms with Gasteiger partial charge in [0.15, 0.2) is 0 Å². The Kier molecular flexibility index (Phi) is 4.11. The lowest BCUT2D eigenvalue weighted by Gasteiger charge is -2.12. The average molecular weight is 304 g/mol. The van der Waals surface area contributed by atoms with E-state index in [9.17, 15) is 9.90 Å². The summed E-state index contributed by atoms with van der Waals surface area (Å²) in [6, 6.07) is 22.4. The quantitative estimate of drug-likeness (QED) is 0.725. The third kappa shape index (κ3) is 3.24. The van der Waals surface area contributed by atoms with Gasteiger partial charge in [0.25, 0.3) is 0 Å². The molecule has 0 aromatic heterocycles. The highest BCUT2D eigenvalue weighted by molar-refractivity contribution is 5.92. The van der Waals surface area contributed by atoms with Crippen molar-refractivity contribution in [2.24, 2.45) is 0 Å². The summed E-state index contributed by atoms with van der Waals surface area (Å²) in [6.45, 7) is 1.92. The van der Waals surface area contributed by atoms with Crippen molar-refractivity contribution in [1.29, 1.82) is 0 Å². The molecule has 0 saturated heterocycles. The van der Waals surface area contributed by atoms with Gasteiger partial charge in [-0.2, -0.15) is 0 Å². The first-order valence-corrected chi connectivity index (χ1v) is 7.31. The molecule has 1 N–H and O–H groups in total. The molecule has 3 heteroatoms. The fourth-order valence-electron chi connectivity index (χ4n) is 2.39. The molecule has 0 saturated carbocycles. The molecular weight excluding hydrogens is 288 g/mol. The van der Waals surface area contributed by atoms with Gasteiger partial charge in [-0.25, -0.2) is 4.79 Å². The van der Waals surface area contributed by atoms with Crippen LogP contribution >= 0.6 is 0 Å². The van der Waals surface area contributed by atoms with Crippen molar-refractivity contribution in [3.63, 3.8) is 0 Å². The first-order chi connectivity index (χ1) is 11.1. The van der Waals surface area contributed by atoms with Gasteiger partial charge in [-0.1, -0.05) is 54.6 Å². The Hall–Kier alpha value is -3.07. The lowest BCUT2D eigenvalue weighted by atomic mass is 10.0. The largest absolute Gasteiger partial charge is 0.478 e. The number of carboxylic acid groups (broad SMARTS) is 1. The zero-order valence-corrected chi connectivity index (χ0v) is 12.7. The molecule has 3 aromatic rings. The van der Waals surface area contributed by atoms with Gasteiger partial charge in [-0.3, -0.25) is 0 Å². The number of para-hydroxylation sites is 1. The zero-order valence-electron chi connectivity index (χ0n) is 12.7. The van der Waals surface area contributed by atoms with E-state index in [2.05, 4.69) is 0 Å². The van der Waals surface area contributed by atoms with Crippen LogP contribution in [0.1, 0.15) is 15.9 Å². The fourth-order valence-corrected chi connectivity index (χ4v) is 2.39. The minimum Gasteiger partial charge on any atom is -0.478 e. The molecule has 0 bridgehead atoms. The van der Waals surface area contributed by atoms with Crippen molar-refractivity contribution in [2.45, 2.75) is 6.92 Å². The molecule has 23 heavy (non-hydrogen) atoms. The van der Waals surface area contributed by atoms with Crippen LogP contribution in [-0.4, -0.2) is 11.1 Å². The second kappa shape index (κ2) is 6.36. The summed E-state index contributed by atoms with van der Waals surface area (Å²) in [5.41, 5.74) is 2.92. The number of ether oxygens (including phenoxy) is 1. The van der Waals surface area contributed by atoms with Gasteiger partial charge in [0, 0.05) is 0 Å². The third-order valence-electron chi connectivity index (χ3n) is 3.63. The van der Waals surface area contributed by atoms with Gasteiger partial charge in [-0.15, -0.1) is 0 Å².